The van der Waals surface area contributed by atoms with E-state index in [0.717, 1.165) is 46.5 Å². The van der Waals surface area contributed by atoms with Crippen LogP contribution in [0.25, 0.3) is 10.9 Å². The van der Waals surface area contributed by atoms with Gasteiger partial charge in [0.2, 0.25) is 0 Å². The smallest absolute Gasteiger partial charge is 0.252 e. The third-order valence-electron chi connectivity index (χ3n) is 6.14. The maximum Gasteiger partial charge on any atom is 0.252 e. The van der Waals surface area contributed by atoms with Gasteiger partial charge >= 0.3 is 0 Å². The number of thiophene rings is 1. The van der Waals surface area contributed by atoms with Crippen LogP contribution in [0.15, 0.2) is 69.4 Å². The molecule has 4 heterocycles. The van der Waals surface area contributed by atoms with Crippen molar-refractivity contribution in [3.05, 3.63) is 98.1 Å². The van der Waals surface area contributed by atoms with E-state index in [-0.39, 0.29) is 11.6 Å². The molecule has 9 heteroatoms. The monoisotopic (exact) mass is 488 g/mol. The van der Waals surface area contributed by atoms with E-state index in [0.29, 0.717) is 19.6 Å². The molecule has 0 aliphatic rings. The van der Waals surface area contributed by atoms with Crippen LogP contribution < -0.4 is 5.56 Å². The van der Waals surface area contributed by atoms with Crippen molar-refractivity contribution >= 4 is 22.2 Å². The van der Waals surface area contributed by atoms with Crippen LogP contribution in [0.5, 0.6) is 0 Å². The number of nitrogens with one attached hydrogen (secondary N) is 1. The first-order chi connectivity index (χ1) is 17.1. The van der Waals surface area contributed by atoms with Crippen molar-refractivity contribution in [3.8, 4) is 0 Å². The zero-order valence-corrected chi connectivity index (χ0v) is 20.7. The van der Waals surface area contributed by atoms with Crippen molar-refractivity contribution in [3.63, 3.8) is 0 Å². The molecule has 1 atom stereocenters. The average molecular weight is 489 g/mol. The van der Waals surface area contributed by atoms with E-state index >= 15 is 0 Å². The van der Waals surface area contributed by atoms with Gasteiger partial charge in [-0.05, 0) is 70.9 Å². The Labute approximate surface area is 207 Å². The molecule has 0 bridgehead atoms. The summed E-state index contributed by atoms with van der Waals surface area (Å²) in [5.74, 6) is 1.56. The lowest BCUT2D eigenvalue weighted by Gasteiger charge is -2.30. The lowest BCUT2D eigenvalue weighted by Crippen LogP contribution is -2.32. The predicted octanol–water partition coefficient (Wildman–Crippen LogP) is 5.07. The van der Waals surface area contributed by atoms with Crippen LogP contribution in [-0.4, -0.2) is 30.1 Å². The minimum absolute atomic E-state index is 0.0667. The highest BCUT2D eigenvalue weighted by atomic mass is 32.1. The summed E-state index contributed by atoms with van der Waals surface area (Å²) in [4.78, 5) is 19.7. The molecule has 5 rings (SSSR count). The molecule has 8 nitrogen and oxygen atoms in total. The highest BCUT2D eigenvalue weighted by Crippen LogP contribution is 2.29. The Morgan fingerprint density at radius 1 is 1.17 bits per heavy atom. The molecule has 0 unspecified atom stereocenters. The van der Waals surface area contributed by atoms with Gasteiger partial charge in [0.15, 0.2) is 5.82 Å². The number of nitrogens with zero attached hydrogens (tertiary/aromatic N) is 5. The van der Waals surface area contributed by atoms with Gasteiger partial charge in [-0.3, -0.25) is 9.69 Å². The van der Waals surface area contributed by atoms with E-state index in [1.54, 1.807) is 22.3 Å². The number of aromatic amines is 1. The first kappa shape index (κ1) is 23.2. The Hall–Kier alpha value is -3.56. The molecular weight excluding hydrogens is 460 g/mol. The number of aryl methyl sites for hydroxylation is 1. The largest absolute Gasteiger partial charge is 0.467 e. The van der Waals surface area contributed by atoms with Gasteiger partial charge in [-0.15, -0.1) is 16.4 Å². The molecule has 1 aromatic carbocycles. The number of tetrazole rings is 1. The molecule has 0 aliphatic heterocycles. The summed E-state index contributed by atoms with van der Waals surface area (Å²) in [6.07, 6.45) is 3.46. The molecule has 0 aliphatic carbocycles. The molecule has 35 heavy (non-hydrogen) atoms. The molecule has 4 aromatic heterocycles. The number of fused-ring (bicyclic) bond motifs is 1. The van der Waals surface area contributed by atoms with Crippen molar-refractivity contribution in [1.29, 1.82) is 0 Å². The van der Waals surface area contributed by atoms with Crippen LogP contribution >= 0.6 is 11.3 Å². The lowest BCUT2D eigenvalue weighted by atomic mass is 10.1. The van der Waals surface area contributed by atoms with Gasteiger partial charge in [0, 0.05) is 29.0 Å². The summed E-state index contributed by atoms with van der Waals surface area (Å²) in [6.45, 7) is 5.85. The fraction of sp³-hybridized carbons (Fsp3) is 0.308. The molecule has 0 radical (unpaired) electrons. The number of rotatable bonds is 10. The number of hydrogen-bond donors (Lipinski definition) is 1. The van der Waals surface area contributed by atoms with E-state index in [9.17, 15) is 4.79 Å². The Kier molecular flexibility index (Phi) is 6.87. The first-order valence-electron chi connectivity index (χ1n) is 11.8. The van der Waals surface area contributed by atoms with Gasteiger partial charge in [0.05, 0.1) is 12.3 Å². The predicted molar refractivity (Wildman–Crippen MR) is 136 cm³/mol. The van der Waals surface area contributed by atoms with Crippen LogP contribution in [0.4, 0.5) is 0 Å². The quantitative estimate of drug-likeness (QED) is 0.295. The fourth-order valence-corrected chi connectivity index (χ4v) is 5.18. The second-order valence-electron chi connectivity index (χ2n) is 8.78. The number of hydrogen-bond acceptors (Lipinski definition) is 7. The van der Waals surface area contributed by atoms with Crippen LogP contribution in [0.2, 0.25) is 0 Å². The summed E-state index contributed by atoms with van der Waals surface area (Å²) in [7, 11) is 0. The zero-order chi connectivity index (χ0) is 24.2. The van der Waals surface area contributed by atoms with Crippen LogP contribution in [0.3, 0.4) is 0 Å². The number of pyridine rings is 1. The van der Waals surface area contributed by atoms with Crippen molar-refractivity contribution in [2.24, 2.45) is 0 Å². The summed E-state index contributed by atoms with van der Waals surface area (Å²) < 4.78 is 7.34. The van der Waals surface area contributed by atoms with Gasteiger partial charge in [-0.1, -0.05) is 31.0 Å². The third kappa shape index (κ3) is 5.26. The molecule has 0 amide bonds. The maximum atomic E-state index is 13.1. The Morgan fingerprint density at radius 2 is 2.09 bits per heavy atom. The molecule has 0 fully saturated rings. The molecule has 1 N–H and O–H groups in total. The van der Waals surface area contributed by atoms with Gasteiger partial charge in [0.1, 0.15) is 12.3 Å². The minimum atomic E-state index is -0.0698. The Bertz CT molecular complexity index is 1440. The Morgan fingerprint density at radius 3 is 2.86 bits per heavy atom. The molecular formula is C26H28N6O2S. The molecule has 180 valence electrons. The topological polar surface area (TPSA) is 92.8 Å². The van der Waals surface area contributed by atoms with Crippen LogP contribution in [0.1, 0.15) is 53.4 Å². The SMILES string of the molecule is CCC[C@H](c1nnnn1Cc1ccco1)N(Cc1cccs1)Cc1cc2cc(C)ccc2[nH]c1=O. The number of aromatic nitrogens is 5. The standard InChI is InChI=1S/C26H28N6O2S/c1-3-6-24(25-28-29-30-32(25)16-21-7-4-11-34-21)31(17-22-8-5-12-35-22)15-20-14-19-13-18(2)9-10-23(19)27-26(20)33/h4-5,7-14,24H,3,6,15-17H2,1-2H3,(H,27,33)/t24-/m1/s1. The van der Waals surface area contributed by atoms with Crippen LogP contribution in [-0.2, 0) is 19.6 Å². The lowest BCUT2D eigenvalue weighted by molar-refractivity contribution is 0.157. The van der Waals surface area contributed by atoms with Crippen LogP contribution in [0, 0.1) is 6.92 Å². The van der Waals surface area contributed by atoms with Crippen molar-refractivity contribution < 1.29 is 4.42 Å². The summed E-state index contributed by atoms with van der Waals surface area (Å²) in [6, 6.07) is 16.0. The van der Waals surface area contributed by atoms with Gasteiger partial charge in [-0.25, -0.2) is 4.68 Å². The normalized spacial score (nSPS) is 12.5. The maximum absolute atomic E-state index is 13.1. The zero-order valence-electron chi connectivity index (χ0n) is 19.8. The second-order valence-corrected chi connectivity index (χ2v) is 9.81. The minimum Gasteiger partial charge on any atom is -0.467 e. The van der Waals surface area contributed by atoms with Gasteiger partial charge < -0.3 is 9.40 Å². The second kappa shape index (κ2) is 10.4. The first-order valence-corrected chi connectivity index (χ1v) is 12.7. The number of benzene rings is 1. The van der Waals surface area contributed by atoms with Gasteiger partial charge in [-0.2, -0.15) is 0 Å². The van der Waals surface area contributed by atoms with E-state index < -0.39 is 0 Å². The summed E-state index contributed by atoms with van der Waals surface area (Å²) in [5.41, 5.74) is 2.67. The summed E-state index contributed by atoms with van der Waals surface area (Å²) >= 11 is 1.71. The molecule has 0 saturated heterocycles. The third-order valence-corrected chi connectivity index (χ3v) is 7.00. The molecule has 5 aromatic rings. The van der Waals surface area contributed by atoms with E-state index in [4.69, 9.17) is 4.42 Å². The highest BCUT2D eigenvalue weighted by Gasteiger charge is 2.27. The highest BCUT2D eigenvalue weighted by molar-refractivity contribution is 7.09. The van der Waals surface area contributed by atoms with Crippen molar-refractivity contribution in [1.82, 2.24) is 30.1 Å². The number of furan rings is 1. The van der Waals surface area contributed by atoms with E-state index in [2.05, 4.69) is 62.8 Å². The molecule has 0 spiro atoms. The number of H-pyrrole nitrogens is 1. The Balaban J connectivity index is 1.53. The van der Waals surface area contributed by atoms with Crippen molar-refractivity contribution in [2.75, 3.05) is 0 Å². The average Bonchev–Trinajstić information content (AvgIpc) is 3.62. The van der Waals surface area contributed by atoms with E-state index in [1.165, 1.54) is 4.88 Å². The summed E-state index contributed by atoms with van der Waals surface area (Å²) in [5, 5.41) is 15.8. The van der Waals surface area contributed by atoms with E-state index in [1.807, 2.05) is 30.3 Å². The fourth-order valence-electron chi connectivity index (χ4n) is 4.45. The van der Waals surface area contributed by atoms with Gasteiger partial charge in [0.25, 0.3) is 5.56 Å². The van der Waals surface area contributed by atoms with Crippen molar-refractivity contribution in [2.45, 2.75) is 52.4 Å². The molecule has 0 saturated carbocycles.